The fourth-order valence-electron chi connectivity index (χ4n) is 9.15. The van der Waals surface area contributed by atoms with Crippen molar-refractivity contribution in [2.45, 2.75) is 113 Å². The van der Waals surface area contributed by atoms with Gasteiger partial charge in [0, 0.05) is 80.3 Å². The molecule has 0 aliphatic carbocycles. The van der Waals surface area contributed by atoms with Crippen molar-refractivity contribution in [3.05, 3.63) is 95.7 Å². The Hall–Kier alpha value is -9.18. The van der Waals surface area contributed by atoms with Gasteiger partial charge in [-0.15, -0.1) is 0 Å². The lowest BCUT2D eigenvalue weighted by molar-refractivity contribution is -0.135. The van der Waals surface area contributed by atoms with Crippen molar-refractivity contribution in [1.82, 2.24) is 58.2 Å². The molecule has 5 rings (SSSR count). The molecule has 4 aromatic rings. The Balaban J connectivity index is 1.54. The predicted octanol–water partition coefficient (Wildman–Crippen LogP) is -4.60. The summed E-state index contributed by atoms with van der Waals surface area (Å²) in [5, 5.41) is 67.0. The van der Waals surface area contributed by atoms with Crippen LogP contribution >= 0.6 is 21.6 Å². The minimum absolute atomic E-state index is 0.00855. The number of nitrogens with one attached hydrogen (secondary N) is 11. The van der Waals surface area contributed by atoms with E-state index < -0.39 is 151 Å². The first kappa shape index (κ1) is 72.6. The van der Waals surface area contributed by atoms with Gasteiger partial charge in [-0.05, 0) is 65.8 Å². The smallest absolute Gasteiger partial charge is 0.245 e. The van der Waals surface area contributed by atoms with Crippen molar-refractivity contribution < 1.29 is 73.2 Å². The molecule has 1 aliphatic heterocycles. The number of phenols is 2. The van der Waals surface area contributed by atoms with Gasteiger partial charge in [-0.1, -0.05) is 77.9 Å². The Labute approximate surface area is 531 Å². The van der Waals surface area contributed by atoms with Crippen LogP contribution in [0.3, 0.4) is 0 Å². The Morgan fingerprint density at radius 2 is 1.23 bits per heavy atom. The van der Waals surface area contributed by atoms with E-state index in [1.165, 1.54) is 48.5 Å². The van der Waals surface area contributed by atoms with E-state index in [2.05, 4.69) is 63.1 Å². The van der Waals surface area contributed by atoms with Gasteiger partial charge >= 0.3 is 0 Å². The fraction of sp³-hybridized carbons (Fsp3) is 0.448. The van der Waals surface area contributed by atoms with Gasteiger partial charge in [0.05, 0.1) is 13.2 Å². The van der Waals surface area contributed by atoms with Crippen molar-refractivity contribution >= 4 is 103 Å². The predicted molar refractivity (Wildman–Crippen MR) is 337 cm³/mol. The second-order valence-electron chi connectivity index (χ2n) is 21.5. The topological polar surface area (TPSA) is 521 Å². The third-order valence-electron chi connectivity index (χ3n) is 14.1. The molecule has 11 amide bonds. The number of hydrogen-bond donors (Lipinski definition) is 19. The van der Waals surface area contributed by atoms with Gasteiger partial charge in [0.2, 0.25) is 65.0 Å². The van der Waals surface area contributed by atoms with Crippen LogP contribution in [0, 0.1) is 5.92 Å². The number of nitrogens with zero attached hydrogens (tertiary/aromatic N) is 1. The van der Waals surface area contributed by atoms with Crippen LogP contribution in [0.1, 0.15) is 56.2 Å². The number of rotatable bonds is 19. The highest BCUT2D eigenvalue weighted by Crippen LogP contribution is 2.24. The summed E-state index contributed by atoms with van der Waals surface area (Å²) < 4.78 is 0. The Bertz CT molecular complexity index is 3210. The lowest BCUT2D eigenvalue weighted by Gasteiger charge is -2.29. The molecule has 1 aliphatic rings. The Morgan fingerprint density at radius 3 is 1.86 bits per heavy atom. The van der Waals surface area contributed by atoms with E-state index in [1.807, 2.05) is 0 Å². The zero-order chi connectivity index (χ0) is 66.7. The van der Waals surface area contributed by atoms with E-state index in [1.54, 1.807) is 44.3 Å². The molecule has 33 heteroatoms. The SMILES string of the molecule is CC(C)[C@@H]1NC(=O)[C@@H](NC(=O)[C@H](Cc2ccc(O)cc2)NC(=O)CCN)CSSC[C@@H](C(N)=O)NC(=O)[C@H](CO)NC(=O)[C@H](Cc2c[nH]c3ccccc23)NC(=O)[C@H](CO)NC(=O)CCNC(=O)[C@H](CCCN=C(N)N)NC(=O)[C@H](Cc2ccc(O)cc2)NC1=O. The lowest BCUT2D eigenvalue weighted by Crippen LogP contribution is -2.61. The Morgan fingerprint density at radius 1 is 0.659 bits per heavy atom. The molecule has 3 aromatic carbocycles. The van der Waals surface area contributed by atoms with E-state index in [-0.39, 0.29) is 80.6 Å². The Kier molecular flexibility index (Phi) is 29.1. The van der Waals surface area contributed by atoms with Crippen molar-refractivity contribution in [1.29, 1.82) is 0 Å². The molecular weight excluding hydrogens is 1220 g/mol. The number of phenolic OH excluding ortho intramolecular Hbond substituents is 2. The van der Waals surface area contributed by atoms with Crippen molar-refractivity contribution in [3.8, 4) is 11.5 Å². The molecule has 9 atom stereocenters. The van der Waals surface area contributed by atoms with Gasteiger partial charge < -0.3 is 102 Å². The number of carbonyl (C=O) groups excluding carboxylic acids is 11. The zero-order valence-electron chi connectivity index (χ0n) is 50.0. The number of amides is 11. The van der Waals surface area contributed by atoms with Gasteiger partial charge in [-0.25, -0.2) is 0 Å². The van der Waals surface area contributed by atoms with Crippen LogP contribution < -0.4 is 76.1 Å². The molecule has 1 fully saturated rings. The fourth-order valence-corrected chi connectivity index (χ4v) is 11.5. The van der Waals surface area contributed by atoms with Gasteiger partial charge in [0.15, 0.2) is 5.96 Å². The summed E-state index contributed by atoms with van der Waals surface area (Å²) in [6.45, 7) is 0.662. The van der Waals surface area contributed by atoms with Crippen LogP contribution in [0.2, 0.25) is 0 Å². The number of primary amides is 1. The van der Waals surface area contributed by atoms with Crippen LogP contribution in [-0.2, 0) is 72.0 Å². The van der Waals surface area contributed by atoms with Gasteiger partial charge in [-0.2, -0.15) is 0 Å². The molecular formula is C58H80N16O15S2. The first-order valence-electron chi connectivity index (χ1n) is 29.0. The largest absolute Gasteiger partial charge is 0.508 e. The summed E-state index contributed by atoms with van der Waals surface area (Å²) in [7, 11) is 1.77. The number of aliphatic imine (C=N–C) groups is 1. The number of aliphatic hydroxyl groups is 2. The van der Waals surface area contributed by atoms with Crippen molar-refractivity contribution in [2.24, 2.45) is 33.8 Å². The van der Waals surface area contributed by atoms with E-state index in [9.17, 15) is 73.2 Å². The van der Waals surface area contributed by atoms with Crippen molar-refractivity contribution in [2.75, 3.05) is 44.4 Å². The summed E-state index contributed by atoms with van der Waals surface area (Å²) in [6.07, 6.45) is 0.274. The van der Waals surface area contributed by atoms with Gasteiger partial charge in [-0.3, -0.25) is 57.7 Å². The summed E-state index contributed by atoms with van der Waals surface area (Å²) in [6, 6.07) is 4.59. The minimum Gasteiger partial charge on any atom is -0.508 e. The number of carbonyl (C=O) groups is 11. The summed E-state index contributed by atoms with van der Waals surface area (Å²) >= 11 is 0. The molecule has 31 nitrogen and oxygen atoms in total. The number of aromatic nitrogens is 1. The highest BCUT2D eigenvalue weighted by molar-refractivity contribution is 8.76. The van der Waals surface area contributed by atoms with E-state index >= 15 is 0 Å². The van der Waals surface area contributed by atoms with Crippen LogP contribution in [0.4, 0.5) is 0 Å². The third-order valence-corrected chi connectivity index (χ3v) is 16.5. The molecule has 91 heavy (non-hydrogen) atoms. The van der Waals surface area contributed by atoms with Crippen LogP contribution in [-0.4, -0.2) is 195 Å². The number of aliphatic hydroxyl groups excluding tert-OH is 2. The standard InChI is InChI=1S/C58H80N16O15S2/c1-30(2)48-57(89)70-40(23-32-11-15-35(78)16-12-32)52(84)68-38(8-5-20-64-58(61)62)50(82)63-21-18-47(80)67-42(26-75)54(86)69-41(24-33-25-65-37-7-4-3-6-36(33)37)53(85)71-43(27-76)55(87)72-44(49(60)81)28-90-91-29-45(56(88)74-48)73-51(83)39(66-46(79)17-19-59)22-31-9-13-34(77)14-10-31/h3-4,6-7,9-16,25,30,38-45,48,65,75-78H,5,8,17-24,26-29,59H2,1-2H3,(H2,60,81)(H,63,82)(H,66,79)(H,67,80)(H,68,84)(H,69,86)(H,70,89)(H,71,85)(H,72,87)(H,73,83)(H,74,88)(H4,61,62,64)/t38-,39-,40-,41-,42-,43-,44-,45-,48-/m0/s1. The number of aromatic amines is 1. The van der Waals surface area contributed by atoms with Gasteiger partial charge in [0.25, 0.3) is 0 Å². The number of hydrogen-bond acceptors (Lipinski definition) is 19. The molecule has 2 heterocycles. The van der Waals surface area contributed by atoms with Crippen LogP contribution in [0.25, 0.3) is 10.9 Å². The van der Waals surface area contributed by atoms with E-state index in [0.717, 1.165) is 21.6 Å². The monoisotopic (exact) mass is 1300 g/mol. The average Bonchev–Trinajstić information content (AvgIpc) is 1.92. The summed E-state index contributed by atoms with van der Waals surface area (Å²) in [5.41, 5.74) is 24.5. The van der Waals surface area contributed by atoms with Crippen molar-refractivity contribution in [3.63, 3.8) is 0 Å². The maximum absolute atomic E-state index is 14.7. The molecule has 23 N–H and O–H groups in total. The van der Waals surface area contributed by atoms with Crippen LogP contribution in [0.5, 0.6) is 11.5 Å². The number of fused-ring (bicyclic) bond motifs is 1. The number of guanidine groups is 1. The number of para-hydroxylation sites is 1. The van der Waals surface area contributed by atoms with Crippen LogP contribution in [0.15, 0.2) is 84.0 Å². The number of nitrogens with two attached hydrogens (primary N) is 4. The molecule has 494 valence electrons. The molecule has 0 radical (unpaired) electrons. The average molecular weight is 1310 g/mol. The lowest BCUT2D eigenvalue weighted by atomic mass is 10.00. The highest BCUT2D eigenvalue weighted by atomic mass is 33.1. The first-order valence-corrected chi connectivity index (χ1v) is 31.5. The molecule has 0 unspecified atom stereocenters. The zero-order valence-corrected chi connectivity index (χ0v) is 51.7. The second-order valence-corrected chi connectivity index (χ2v) is 24.1. The van der Waals surface area contributed by atoms with E-state index in [4.69, 9.17) is 22.9 Å². The maximum atomic E-state index is 14.7. The molecule has 0 bridgehead atoms. The third kappa shape index (κ3) is 23.6. The summed E-state index contributed by atoms with van der Waals surface area (Å²) in [4.78, 5) is 160. The number of aromatic hydroxyl groups is 2. The summed E-state index contributed by atoms with van der Waals surface area (Å²) in [5.74, 6) is -12.1. The molecule has 1 saturated heterocycles. The molecule has 1 aromatic heterocycles. The molecule has 0 spiro atoms. The molecule has 0 saturated carbocycles. The van der Waals surface area contributed by atoms with Gasteiger partial charge in [0.1, 0.15) is 65.9 Å². The highest BCUT2D eigenvalue weighted by Gasteiger charge is 2.36. The number of benzene rings is 3. The minimum atomic E-state index is -1.78. The first-order chi connectivity index (χ1) is 43.4. The normalized spacial score (nSPS) is 22.0. The quantitative estimate of drug-likeness (QED) is 0.0182. The second kappa shape index (κ2) is 36.5. The number of H-pyrrole nitrogens is 1. The van der Waals surface area contributed by atoms with E-state index in [0.29, 0.717) is 27.6 Å². The maximum Gasteiger partial charge on any atom is 0.245 e.